The molecular formula is C22H26O2Si. The van der Waals surface area contributed by atoms with Crippen molar-refractivity contribution in [2.24, 2.45) is 0 Å². The van der Waals surface area contributed by atoms with Gasteiger partial charge in [-0.05, 0) is 28.4 Å². The number of aryl methyl sites for hydroxylation is 1. The molecule has 130 valence electrons. The Morgan fingerprint density at radius 3 is 1.76 bits per heavy atom. The van der Waals surface area contributed by atoms with Crippen molar-refractivity contribution >= 4 is 18.7 Å². The summed E-state index contributed by atoms with van der Waals surface area (Å²) >= 11 is 0. The summed E-state index contributed by atoms with van der Waals surface area (Å²) in [6.07, 6.45) is 1.74. The van der Waals surface area contributed by atoms with Crippen molar-refractivity contribution in [3.05, 3.63) is 84.3 Å². The van der Waals surface area contributed by atoms with Crippen LogP contribution in [-0.4, -0.2) is 8.32 Å². The van der Waals surface area contributed by atoms with Gasteiger partial charge in [-0.2, -0.15) is 0 Å². The molecule has 0 bridgehead atoms. The summed E-state index contributed by atoms with van der Waals surface area (Å²) in [5.74, 6) is 0.929. The zero-order chi connectivity index (χ0) is 17.9. The molecule has 3 heteroatoms. The molecule has 3 rings (SSSR count). The Balaban J connectivity index is 2.13. The summed E-state index contributed by atoms with van der Waals surface area (Å²) in [6, 6.07) is 23.4. The first-order chi connectivity index (χ1) is 11.9. The van der Waals surface area contributed by atoms with Crippen LogP contribution in [0, 0.1) is 6.92 Å². The normalized spacial score (nSPS) is 12.3. The van der Waals surface area contributed by atoms with Gasteiger partial charge in [0.1, 0.15) is 5.76 Å². The van der Waals surface area contributed by atoms with Crippen LogP contribution < -0.4 is 10.4 Å². The number of rotatable bonds is 5. The lowest BCUT2D eigenvalue weighted by Crippen LogP contribution is -2.66. The van der Waals surface area contributed by atoms with E-state index in [0.29, 0.717) is 6.61 Å². The number of hydrogen-bond acceptors (Lipinski definition) is 2. The molecule has 25 heavy (non-hydrogen) atoms. The molecule has 2 nitrogen and oxygen atoms in total. The summed E-state index contributed by atoms with van der Waals surface area (Å²) in [5.41, 5.74) is 1.12. The van der Waals surface area contributed by atoms with E-state index in [1.54, 1.807) is 6.26 Å². The SMILES string of the molecule is Cc1occc1CO[Si](c1ccccc1)(c1ccccc1)C(C)(C)C. The van der Waals surface area contributed by atoms with E-state index in [-0.39, 0.29) is 5.04 Å². The Kier molecular flexibility index (Phi) is 4.98. The molecule has 0 aliphatic rings. The molecule has 1 heterocycles. The molecule has 1 aromatic heterocycles. The molecule has 0 fully saturated rings. The molecule has 0 aliphatic heterocycles. The van der Waals surface area contributed by atoms with E-state index in [9.17, 15) is 0 Å². The van der Waals surface area contributed by atoms with Gasteiger partial charge in [0.15, 0.2) is 0 Å². The molecule has 0 unspecified atom stereocenters. The van der Waals surface area contributed by atoms with Crippen LogP contribution in [0.2, 0.25) is 5.04 Å². The highest BCUT2D eigenvalue weighted by atomic mass is 28.4. The van der Waals surface area contributed by atoms with Crippen LogP contribution in [0.1, 0.15) is 32.1 Å². The molecule has 0 aliphatic carbocycles. The molecule has 0 saturated heterocycles. The molecule has 0 spiro atoms. The molecule has 0 radical (unpaired) electrons. The predicted octanol–water partition coefficient (Wildman–Crippen LogP) is 4.66. The zero-order valence-electron chi connectivity index (χ0n) is 15.5. The van der Waals surface area contributed by atoms with Crippen molar-refractivity contribution in [1.29, 1.82) is 0 Å². The van der Waals surface area contributed by atoms with Crippen LogP contribution in [-0.2, 0) is 11.0 Å². The molecule has 3 aromatic rings. The monoisotopic (exact) mass is 350 g/mol. The van der Waals surface area contributed by atoms with Gasteiger partial charge in [0, 0.05) is 5.56 Å². The first-order valence-corrected chi connectivity index (χ1v) is 10.6. The van der Waals surface area contributed by atoms with Crippen LogP contribution in [0.3, 0.4) is 0 Å². The van der Waals surface area contributed by atoms with Gasteiger partial charge in [0.2, 0.25) is 0 Å². The van der Waals surface area contributed by atoms with E-state index >= 15 is 0 Å². The molecule has 0 saturated carbocycles. The van der Waals surface area contributed by atoms with Crippen LogP contribution in [0.4, 0.5) is 0 Å². The smallest absolute Gasteiger partial charge is 0.261 e. The molecule has 0 N–H and O–H groups in total. The molecule has 2 aromatic carbocycles. The van der Waals surface area contributed by atoms with Crippen molar-refractivity contribution in [3.8, 4) is 0 Å². The Morgan fingerprint density at radius 1 is 0.840 bits per heavy atom. The van der Waals surface area contributed by atoms with Crippen molar-refractivity contribution in [3.63, 3.8) is 0 Å². The third-order valence-corrected chi connectivity index (χ3v) is 9.81. The highest BCUT2D eigenvalue weighted by Crippen LogP contribution is 2.37. The fourth-order valence-electron chi connectivity index (χ4n) is 3.51. The van der Waals surface area contributed by atoms with Gasteiger partial charge in [-0.3, -0.25) is 0 Å². The largest absolute Gasteiger partial charge is 0.469 e. The summed E-state index contributed by atoms with van der Waals surface area (Å²) in [4.78, 5) is 0. The predicted molar refractivity (Wildman–Crippen MR) is 106 cm³/mol. The van der Waals surface area contributed by atoms with E-state index in [2.05, 4.69) is 81.4 Å². The second-order valence-electron chi connectivity index (χ2n) is 7.45. The van der Waals surface area contributed by atoms with Gasteiger partial charge in [-0.25, -0.2) is 0 Å². The van der Waals surface area contributed by atoms with Crippen LogP contribution in [0.5, 0.6) is 0 Å². The Labute approximate surface area is 151 Å². The third-order valence-electron chi connectivity index (χ3n) is 4.83. The minimum absolute atomic E-state index is 0.00660. The topological polar surface area (TPSA) is 22.4 Å². The number of furan rings is 1. The van der Waals surface area contributed by atoms with E-state index in [4.69, 9.17) is 8.84 Å². The maximum atomic E-state index is 6.87. The Hall–Kier alpha value is -2.10. The lowest BCUT2D eigenvalue weighted by molar-refractivity contribution is 0.283. The summed E-state index contributed by atoms with van der Waals surface area (Å²) in [7, 11) is -2.47. The van der Waals surface area contributed by atoms with Crippen LogP contribution >= 0.6 is 0 Å². The number of hydrogen-bond donors (Lipinski definition) is 0. The van der Waals surface area contributed by atoms with Gasteiger partial charge in [0.25, 0.3) is 8.32 Å². The van der Waals surface area contributed by atoms with Gasteiger partial charge < -0.3 is 8.84 Å². The lowest BCUT2D eigenvalue weighted by atomic mass is 10.2. The maximum absolute atomic E-state index is 6.87. The minimum atomic E-state index is -2.47. The van der Waals surface area contributed by atoms with E-state index in [1.807, 2.05) is 13.0 Å². The average molecular weight is 351 g/mol. The average Bonchev–Trinajstić information content (AvgIpc) is 3.01. The van der Waals surface area contributed by atoms with Crippen LogP contribution in [0.25, 0.3) is 0 Å². The van der Waals surface area contributed by atoms with E-state index < -0.39 is 8.32 Å². The summed E-state index contributed by atoms with van der Waals surface area (Å²) < 4.78 is 12.3. The van der Waals surface area contributed by atoms with Crippen LogP contribution in [0.15, 0.2) is 77.4 Å². The van der Waals surface area contributed by atoms with Crippen molar-refractivity contribution in [2.45, 2.75) is 39.3 Å². The first-order valence-electron chi connectivity index (χ1n) is 8.73. The van der Waals surface area contributed by atoms with Gasteiger partial charge in [0.05, 0.1) is 12.9 Å². The van der Waals surface area contributed by atoms with Crippen molar-refractivity contribution in [1.82, 2.24) is 0 Å². The van der Waals surface area contributed by atoms with E-state index in [0.717, 1.165) is 11.3 Å². The van der Waals surface area contributed by atoms with Gasteiger partial charge in [-0.15, -0.1) is 0 Å². The quantitative estimate of drug-likeness (QED) is 0.624. The summed E-state index contributed by atoms with van der Waals surface area (Å²) in [6.45, 7) is 9.43. The summed E-state index contributed by atoms with van der Waals surface area (Å²) in [5, 5.41) is 2.59. The maximum Gasteiger partial charge on any atom is 0.261 e. The molecular weight excluding hydrogens is 324 g/mol. The Bertz CT molecular complexity index is 761. The zero-order valence-corrected chi connectivity index (χ0v) is 16.5. The second-order valence-corrected chi connectivity index (χ2v) is 11.8. The van der Waals surface area contributed by atoms with E-state index in [1.165, 1.54) is 10.4 Å². The van der Waals surface area contributed by atoms with Crippen molar-refractivity contribution < 1.29 is 8.84 Å². The molecule has 0 atom stereocenters. The third kappa shape index (κ3) is 3.35. The lowest BCUT2D eigenvalue weighted by Gasteiger charge is -2.43. The standard InChI is InChI=1S/C22H26O2Si/c1-18-19(15-16-23-18)17-24-25(22(2,3)4,20-11-7-5-8-12-20)21-13-9-6-10-14-21/h5-16H,17H2,1-4H3. The fourth-order valence-corrected chi connectivity index (χ4v) is 8.04. The highest BCUT2D eigenvalue weighted by Gasteiger charge is 2.50. The first kappa shape index (κ1) is 17.7. The Morgan fingerprint density at radius 2 is 1.36 bits per heavy atom. The van der Waals surface area contributed by atoms with Crippen molar-refractivity contribution in [2.75, 3.05) is 0 Å². The fraction of sp³-hybridized carbons (Fsp3) is 0.273. The molecule has 0 amide bonds. The minimum Gasteiger partial charge on any atom is -0.469 e. The van der Waals surface area contributed by atoms with Gasteiger partial charge in [-0.1, -0.05) is 81.4 Å². The van der Waals surface area contributed by atoms with Gasteiger partial charge >= 0.3 is 0 Å². The number of benzene rings is 2. The second kappa shape index (κ2) is 7.02. The highest BCUT2D eigenvalue weighted by molar-refractivity contribution is 6.99.